The van der Waals surface area contributed by atoms with Gasteiger partial charge in [-0.2, -0.15) is 0 Å². The fraction of sp³-hybridized carbons (Fsp3) is 1.00. The lowest BCUT2D eigenvalue weighted by atomic mass is 9.51. The second kappa shape index (κ2) is 5.39. The summed E-state index contributed by atoms with van der Waals surface area (Å²) in [6, 6.07) is 0. The first-order valence-corrected chi connectivity index (χ1v) is 8.88. The number of hydrogen-bond donors (Lipinski definition) is 1. The average Bonchev–Trinajstić information content (AvgIpc) is 2.47. The highest BCUT2D eigenvalue weighted by Gasteiger charge is 2.51. The van der Waals surface area contributed by atoms with Gasteiger partial charge in [0.15, 0.2) is 0 Å². The Kier molecular flexibility index (Phi) is 3.95. The van der Waals surface area contributed by atoms with Gasteiger partial charge in [-0.1, -0.05) is 39.0 Å². The molecule has 0 atom stereocenters. The fourth-order valence-electron chi connectivity index (χ4n) is 5.36. The van der Waals surface area contributed by atoms with Crippen molar-refractivity contribution < 1.29 is 5.11 Å². The maximum Gasteiger partial charge on any atom is 0.0648 e. The first-order valence-electron chi connectivity index (χ1n) is 8.88. The van der Waals surface area contributed by atoms with E-state index in [9.17, 15) is 5.11 Å². The first-order chi connectivity index (χ1) is 9.16. The molecule has 0 saturated heterocycles. The van der Waals surface area contributed by atoms with Crippen molar-refractivity contribution in [1.29, 1.82) is 0 Å². The van der Waals surface area contributed by atoms with E-state index in [1.807, 2.05) is 0 Å². The standard InChI is InChI=1S/C18H32O/c1-2-3-4-15-5-7-16(8-6-15)17-9-12-18(19,13-10-17)14-11-17/h15-16,19H,2-14H2,1H3/t15-,16-,17?,18?. The molecular formula is C18H32O. The van der Waals surface area contributed by atoms with Gasteiger partial charge in [0.1, 0.15) is 0 Å². The van der Waals surface area contributed by atoms with Crippen LogP contribution >= 0.6 is 0 Å². The summed E-state index contributed by atoms with van der Waals surface area (Å²) in [6.07, 6.45) is 17.5. The van der Waals surface area contributed by atoms with E-state index in [1.54, 1.807) is 0 Å². The Hall–Kier alpha value is -0.0400. The summed E-state index contributed by atoms with van der Waals surface area (Å²) in [6.45, 7) is 2.32. The third kappa shape index (κ3) is 2.73. The van der Waals surface area contributed by atoms with Crippen LogP contribution < -0.4 is 0 Å². The van der Waals surface area contributed by atoms with Gasteiger partial charge in [0, 0.05) is 0 Å². The topological polar surface area (TPSA) is 20.2 Å². The van der Waals surface area contributed by atoms with Gasteiger partial charge in [0.2, 0.25) is 0 Å². The van der Waals surface area contributed by atoms with Gasteiger partial charge in [-0.3, -0.25) is 0 Å². The lowest BCUT2D eigenvalue weighted by Gasteiger charge is -2.55. The number of aliphatic hydroxyl groups is 1. The molecule has 0 aliphatic heterocycles. The molecule has 4 aliphatic carbocycles. The zero-order chi connectivity index (χ0) is 13.3. The maximum atomic E-state index is 10.4. The molecule has 0 heterocycles. The summed E-state index contributed by atoms with van der Waals surface area (Å²) in [4.78, 5) is 0. The molecule has 4 saturated carbocycles. The van der Waals surface area contributed by atoms with E-state index in [0.717, 1.165) is 31.1 Å². The van der Waals surface area contributed by atoms with Crippen molar-refractivity contribution in [2.75, 3.05) is 0 Å². The molecule has 0 unspecified atom stereocenters. The molecule has 0 aromatic carbocycles. The highest BCUT2D eigenvalue weighted by Crippen LogP contribution is 2.59. The third-order valence-corrected chi connectivity index (χ3v) is 6.94. The van der Waals surface area contributed by atoms with Crippen molar-refractivity contribution in [2.45, 2.75) is 96.0 Å². The highest BCUT2D eigenvalue weighted by atomic mass is 16.3. The summed E-state index contributed by atoms with van der Waals surface area (Å²) in [5.74, 6) is 2.03. The maximum absolute atomic E-state index is 10.4. The molecule has 19 heavy (non-hydrogen) atoms. The van der Waals surface area contributed by atoms with Crippen LogP contribution in [0.25, 0.3) is 0 Å². The zero-order valence-corrected chi connectivity index (χ0v) is 12.8. The summed E-state index contributed by atoms with van der Waals surface area (Å²) in [5.41, 5.74) is 0.403. The molecule has 0 radical (unpaired) electrons. The van der Waals surface area contributed by atoms with Gasteiger partial charge in [-0.25, -0.2) is 0 Å². The molecule has 1 heteroatoms. The lowest BCUT2D eigenvalue weighted by molar-refractivity contribution is -0.118. The van der Waals surface area contributed by atoms with Crippen molar-refractivity contribution in [3.8, 4) is 0 Å². The normalized spacial score (nSPS) is 46.4. The molecule has 4 fully saturated rings. The molecule has 4 aliphatic rings. The van der Waals surface area contributed by atoms with Crippen LogP contribution in [0.2, 0.25) is 0 Å². The van der Waals surface area contributed by atoms with Crippen LogP contribution in [0.5, 0.6) is 0 Å². The molecule has 0 aromatic rings. The number of fused-ring (bicyclic) bond motifs is 3. The summed E-state index contributed by atoms with van der Waals surface area (Å²) in [7, 11) is 0. The Balaban J connectivity index is 1.54. The van der Waals surface area contributed by atoms with Crippen LogP contribution in [0.15, 0.2) is 0 Å². The van der Waals surface area contributed by atoms with Crippen LogP contribution in [0.1, 0.15) is 90.4 Å². The second-order valence-electron chi connectivity index (χ2n) is 7.95. The lowest BCUT2D eigenvalue weighted by Crippen LogP contribution is -2.49. The Labute approximate surface area is 119 Å². The van der Waals surface area contributed by atoms with Crippen molar-refractivity contribution in [1.82, 2.24) is 0 Å². The average molecular weight is 264 g/mol. The second-order valence-corrected chi connectivity index (χ2v) is 7.95. The predicted molar refractivity (Wildman–Crippen MR) is 80.1 cm³/mol. The van der Waals surface area contributed by atoms with Crippen molar-refractivity contribution >= 4 is 0 Å². The van der Waals surface area contributed by atoms with E-state index < -0.39 is 0 Å². The van der Waals surface area contributed by atoms with Crippen molar-refractivity contribution in [2.24, 2.45) is 17.3 Å². The van der Waals surface area contributed by atoms with Gasteiger partial charge in [-0.05, 0) is 68.6 Å². The van der Waals surface area contributed by atoms with Gasteiger partial charge < -0.3 is 5.11 Å². The minimum atomic E-state index is -0.250. The van der Waals surface area contributed by atoms with Gasteiger partial charge in [-0.15, -0.1) is 0 Å². The van der Waals surface area contributed by atoms with Gasteiger partial charge in [0.25, 0.3) is 0 Å². The third-order valence-electron chi connectivity index (χ3n) is 6.94. The zero-order valence-electron chi connectivity index (χ0n) is 12.8. The summed E-state index contributed by atoms with van der Waals surface area (Å²) in [5, 5.41) is 10.4. The molecule has 1 N–H and O–H groups in total. The molecule has 1 nitrogen and oxygen atoms in total. The molecular weight excluding hydrogens is 232 g/mol. The molecule has 110 valence electrons. The van der Waals surface area contributed by atoms with Gasteiger partial charge >= 0.3 is 0 Å². The van der Waals surface area contributed by atoms with E-state index in [0.29, 0.717) is 5.41 Å². The Morgan fingerprint density at radius 3 is 2.00 bits per heavy atom. The predicted octanol–water partition coefficient (Wildman–Crippen LogP) is 5.07. The van der Waals surface area contributed by atoms with E-state index in [2.05, 4.69) is 6.92 Å². The fourth-order valence-corrected chi connectivity index (χ4v) is 5.36. The van der Waals surface area contributed by atoms with E-state index >= 15 is 0 Å². The summed E-state index contributed by atoms with van der Waals surface area (Å²) >= 11 is 0. The Morgan fingerprint density at radius 1 is 0.895 bits per heavy atom. The minimum absolute atomic E-state index is 0.250. The number of hydrogen-bond acceptors (Lipinski definition) is 1. The quantitative estimate of drug-likeness (QED) is 0.751. The van der Waals surface area contributed by atoms with E-state index in [4.69, 9.17) is 0 Å². The largest absolute Gasteiger partial charge is 0.390 e. The van der Waals surface area contributed by atoms with Crippen molar-refractivity contribution in [3.63, 3.8) is 0 Å². The summed E-state index contributed by atoms with van der Waals surface area (Å²) < 4.78 is 0. The smallest absolute Gasteiger partial charge is 0.0648 e. The van der Waals surface area contributed by atoms with E-state index in [1.165, 1.54) is 64.2 Å². The molecule has 0 amide bonds. The molecule has 4 rings (SSSR count). The minimum Gasteiger partial charge on any atom is -0.390 e. The Bertz CT molecular complexity index is 276. The monoisotopic (exact) mass is 264 g/mol. The van der Waals surface area contributed by atoms with Crippen LogP contribution in [0.4, 0.5) is 0 Å². The number of unbranched alkanes of at least 4 members (excludes halogenated alkanes) is 1. The number of rotatable bonds is 4. The Morgan fingerprint density at radius 2 is 1.47 bits per heavy atom. The van der Waals surface area contributed by atoms with Crippen molar-refractivity contribution in [3.05, 3.63) is 0 Å². The first kappa shape index (κ1) is 13.9. The van der Waals surface area contributed by atoms with E-state index in [-0.39, 0.29) is 5.60 Å². The van der Waals surface area contributed by atoms with Crippen LogP contribution in [-0.2, 0) is 0 Å². The van der Waals surface area contributed by atoms with Gasteiger partial charge in [0.05, 0.1) is 5.60 Å². The SMILES string of the molecule is CCCC[C@H]1CC[C@H](C23CCC(O)(CC2)CC3)CC1. The van der Waals surface area contributed by atoms with Crippen LogP contribution in [0.3, 0.4) is 0 Å². The van der Waals surface area contributed by atoms with Crippen LogP contribution in [-0.4, -0.2) is 10.7 Å². The highest BCUT2D eigenvalue weighted by molar-refractivity contribution is 5.03. The van der Waals surface area contributed by atoms with Crippen LogP contribution in [0, 0.1) is 17.3 Å². The molecule has 2 bridgehead atoms. The molecule has 0 spiro atoms. The molecule has 0 aromatic heterocycles.